The van der Waals surface area contributed by atoms with Gasteiger partial charge in [-0.1, -0.05) is 109 Å². The maximum atomic E-state index is 2.81. The van der Waals surface area contributed by atoms with Crippen molar-refractivity contribution in [3.63, 3.8) is 0 Å². The summed E-state index contributed by atoms with van der Waals surface area (Å²) in [5.41, 5.74) is 1.81. The molecule has 3 atom stereocenters. The van der Waals surface area contributed by atoms with Gasteiger partial charge in [-0.2, -0.15) is 0 Å². The van der Waals surface area contributed by atoms with E-state index in [1.165, 1.54) is 129 Å². The molecule has 0 bridgehead atoms. The van der Waals surface area contributed by atoms with Crippen LogP contribution in [0.2, 0.25) is 0 Å². The fraction of sp³-hybridized carbons (Fsp3) is 0.923. The Kier molecular flexibility index (Phi) is 12.5. The highest BCUT2D eigenvalue weighted by Gasteiger charge is 2.49. The summed E-state index contributed by atoms with van der Waals surface area (Å²) in [6, 6.07) is 1.80. The van der Waals surface area contributed by atoms with Gasteiger partial charge in [-0.15, -0.1) is 0 Å². The van der Waals surface area contributed by atoms with Crippen LogP contribution in [0.25, 0.3) is 0 Å². The van der Waals surface area contributed by atoms with Crippen molar-refractivity contribution in [2.45, 2.75) is 148 Å². The van der Waals surface area contributed by atoms with E-state index in [9.17, 15) is 0 Å². The second kappa shape index (κ2) is 14.7. The molecule has 0 radical (unpaired) electrons. The van der Waals surface area contributed by atoms with Gasteiger partial charge in [0.1, 0.15) is 0 Å². The lowest BCUT2D eigenvalue weighted by Gasteiger charge is -2.11. The monoisotopic (exact) mass is 375 g/mol. The van der Waals surface area contributed by atoms with Crippen molar-refractivity contribution in [2.75, 3.05) is 6.54 Å². The van der Waals surface area contributed by atoms with Crippen LogP contribution in [0.5, 0.6) is 0 Å². The van der Waals surface area contributed by atoms with Crippen LogP contribution >= 0.6 is 0 Å². The minimum atomic E-state index is 0.869. The number of unbranched alkanes of at least 4 members (excludes halogenated alkanes) is 14. The summed E-state index contributed by atoms with van der Waals surface area (Å²) in [7, 11) is 0. The lowest BCUT2D eigenvalue weighted by Crippen LogP contribution is -2.06. The van der Waals surface area contributed by atoms with Gasteiger partial charge < -0.3 is 0 Å². The van der Waals surface area contributed by atoms with Crippen molar-refractivity contribution in [2.24, 2.45) is 0 Å². The zero-order valence-corrected chi connectivity index (χ0v) is 18.8. The molecule has 1 aliphatic heterocycles. The predicted molar refractivity (Wildman–Crippen MR) is 121 cm³/mol. The normalized spacial score (nSPS) is 25.7. The van der Waals surface area contributed by atoms with Gasteiger partial charge in [-0.3, -0.25) is 4.90 Å². The number of fused-ring (bicyclic) bond motifs is 1. The first kappa shape index (κ1) is 23.0. The standard InChI is InChI=1S/C26H49N/c1-3-5-7-9-10-11-12-13-14-15-16-17-20-24-21-19-22-25-26(24)27(25)23-18-8-6-4-2/h20,25-26H,3-19,21-23H2,1-2H3/b24-20-/t25-,26+,27?/m1/s1. The Bertz CT molecular complexity index is 386. The lowest BCUT2D eigenvalue weighted by molar-refractivity contribution is 0.457. The van der Waals surface area contributed by atoms with E-state index in [2.05, 4.69) is 24.8 Å². The summed E-state index contributed by atoms with van der Waals surface area (Å²) < 4.78 is 0. The molecule has 1 unspecified atom stereocenters. The maximum Gasteiger partial charge on any atom is 0.0467 e. The second-order valence-electron chi connectivity index (χ2n) is 9.31. The van der Waals surface area contributed by atoms with Crippen molar-refractivity contribution in [1.29, 1.82) is 0 Å². The van der Waals surface area contributed by atoms with Crippen LogP contribution in [0.1, 0.15) is 136 Å². The maximum absolute atomic E-state index is 2.81. The number of rotatable bonds is 17. The predicted octanol–water partition coefficient (Wildman–Crippen LogP) is 8.43. The van der Waals surface area contributed by atoms with Crippen molar-refractivity contribution in [1.82, 2.24) is 4.90 Å². The molecular weight excluding hydrogens is 326 g/mol. The molecule has 1 aliphatic carbocycles. The van der Waals surface area contributed by atoms with E-state index >= 15 is 0 Å². The molecule has 1 nitrogen and oxygen atoms in total. The van der Waals surface area contributed by atoms with Gasteiger partial charge in [0.2, 0.25) is 0 Å². The first-order valence-corrected chi connectivity index (χ1v) is 12.8. The Morgan fingerprint density at radius 2 is 1.30 bits per heavy atom. The average molecular weight is 376 g/mol. The third-order valence-corrected chi connectivity index (χ3v) is 6.89. The van der Waals surface area contributed by atoms with E-state index in [0.29, 0.717) is 0 Å². The van der Waals surface area contributed by atoms with Gasteiger partial charge in [0, 0.05) is 12.1 Å². The fourth-order valence-corrected chi connectivity index (χ4v) is 5.12. The summed E-state index contributed by atoms with van der Waals surface area (Å²) >= 11 is 0. The van der Waals surface area contributed by atoms with Crippen molar-refractivity contribution in [3.8, 4) is 0 Å². The largest absolute Gasteiger partial charge is 0.290 e. The Labute approximate surface area is 171 Å². The minimum absolute atomic E-state index is 0.869. The first-order chi connectivity index (χ1) is 13.4. The quantitative estimate of drug-likeness (QED) is 0.140. The van der Waals surface area contributed by atoms with Crippen LogP contribution < -0.4 is 0 Å². The molecule has 0 aromatic rings. The Morgan fingerprint density at radius 3 is 1.93 bits per heavy atom. The van der Waals surface area contributed by atoms with Crippen molar-refractivity contribution in [3.05, 3.63) is 11.6 Å². The number of likely N-dealkylation sites (tertiary alicyclic amines) is 1. The zero-order chi connectivity index (χ0) is 19.2. The highest BCUT2D eigenvalue weighted by atomic mass is 15.4. The van der Waals surface area contributed by atoms with Crippen molar-refractivity contribution >= 4 is 0 Å². The van der Waals surface area contributed by atoms with E-state index in [1.54, 1.807) is 0 Å². The molecule has 0 aromatic carbocycles. The van der Waals surface area contributed by atoms with E-state index < -0.39 is 0 Å². The Balaban J connectivity index is 1.45. The number of hydrogen-bond acceptors (Lipinski definition) is 1. The molecule has 0 spiro atoms. The summed E-state index contributed by atoms with van der Waals surface area (Å²) in [6.45, 7) is 5.98. The first-order valence-electron chi connectivity index (χ1n) is 12.8. The number of allylic oxidation sites excluding steroid dienone is 1. The van der Waals surface area contributed by atoms with Crippen LogP contribution in [0, 0.1) is 0 Å². The molecule has 0 amide bonds. The van der Waals surface area contributed by atoms with Crippen LogP contribution in [0.15, 0.2) is 11.6 Å². The van der Waals surface area contributed by atoms with Crippen LogP contribution in [-0.2, 0) is 0 Å². The van der Waals surface area contributed by atoms with Gasteiger partial charge in [-0.25, -0.2) is 0 Å². The summed E-state index contributed by atoms with van der Waals surface area (Å²) in [6.07, 6.45) is 29.9. The van der Waals surface area contributed by atoms with E-state index in [4.69, 9.17) is 0 Å². The molecule has 1 heteroatoms. The second-order valence-corrected chi connectivity index (χ2v) is 9.31. The molecule has 1 saturated heterocycles. The van der Waals surface area contributed by atoms with Gasteiger partial charge >= 0.3 is 0 Å². The topological polar surface area (TPSA) is 3.01 Å². The minimum Gasteiger partial charge on any atom is -0.290 e. The molecule has 0 aromatic heterocycles. The van der Waals surface area contributed by atoms with Crippen LogP contribution in [0.4, 0.5) is 0 Å². The van der Waals surface area contributed by atoms with Gasteiger partial charge in [0.05, 0.1) is 0 Å². The molecule has 158 valence electrons. The van der Waals surface area contributed by atoms with E-state index in [1.807, 2.05) is 5.57 Å². The molecule has 2 rings (SSSR count). The zero-order valence-electron chi connectivity index (χ0n) is 18.8. The van der Waals surface area contributed by atoms with Crippen molar-refractivity contribution < 1.29 is 0 Å². The molecule has 0 N–H and O–H groups in total. The number of nitrogens with zero attached hydrogens (tertiary/aromatic N) is 1. The molecule has 27 heavy (non-hydrogen) atoms. The molecule has 1 saturated carbocycles. The summed E-state index contributed by atoms with van der Waals surface area (Å²) in [5, 5.41) is 0. The molecule has 1 heterocycles. The highest BCUT2D eigenvalue weighted by molar-refractivity contribution is 5.27. The smallest absolute Gasteiger partial charge is 0.0467 e. The van der Waals surface area contributed by atoms with Crippen LogP contribution in [-0.4, -0.2) is 23.5 Å². The average Bonchev–Trinajstić information content (AvgIpc) is 3.40. The molecule has 2 fully saturated rings. The molecule has 2 aliphatic rings. The number of hydrogen-bond donors (Lipinski definition) is 0. The van der Waals surface area contributed by atoms with E-state index in [-0.39, 0.29) is 0 Å². The fourth-order valence-electron chi connectivity index (χ4n) is 5.12. The highest BCUT2D eigenvalue weighted by Crippen LogP contribution is 2.44. The SMILES string of the molecule is CCCCCCCCCCCCC/C=C1/CCC[C@@H]2[C@H]1N2CCCCCC. The van der Waals surface area contributed by atoms with Gasteiger partial charge in [0.15, 0.2) is 0 Å². The Morgan fingerprint density at radius 1 is 0.741 bits per heavy atom. The van der Waals surface area contributed by atoms with Gasteiger partial charge in [-0.05, 0) is 45.1 Å². The van der Waals surface area contributed by atoms with Gasteiger partial charge in [0.25, 0.3) is 0 Å². The third kappa shape index (κ3) is 9.16. The molecular formula is C26H49N. The lowest BCUT2D eigenvalue weighted by atomic mass is 9.93. The van der Waals surface area contributed by atoms with Crippen LogP contribution in [0.3, 0.4) is 0 Å². The summed E-state index contributed by atoms with van der Waals surface area (Å²) in [5.74, 6) is 0. The third-order valence-electron chi connectivity index (χ3n) is 6.89. The van der Waals surface area contributed by atoms with E-state index in [0.717, 1.165) is 12.1 Å². The summed E-state index contributed by atoms with van der Waals surface area (Å²) in [4.78, 5) is 2.81. The Hall–Kier alpha value is -0.300.